The van der Waals surface area contributed by atoms with Crippen molar-refractivity contribution in [3.05, 3.63) is 24.3 Å². The summed E-state index contributed by atoms with van der Waals surface area (Å²) in [4.78, 5) is 7.21. The lowest BCUT2D eigenvalue weighted by molar-refractivity contribution is 0.388. The highest BCUT2D eigenvalue weighted by molar-refractivity contribution is 7.22. The Morgan fingerprint density at radius 3 is 3.05 bits per heavy atom. The van der Waals surface area contributed by atoms with Crippen LogP contribution >= 0.6 is 11.3 Å². The normalized spacial score (nSPS) is 20.4. The Morgan fingerprint density at radius 2 is 2.26 bits per heavy atom. The number of nitrogens with one attached hydrogen (secondary N) is 1. The van der Waals surface area contributed by atoms with E-state index in [2.05, 4.69) is 48.3 Å². The number of para-hydroxylation sites is 1. The number of benzene rings is 1. The molecular weight excluding hydrogens is 254 g/mol. The molecule has 1 saturated heterocycles. The Morgan fingerprint density at radius 1 is 1.42 bits per heavy atom. The highest BCUT2D eigenvalue weighted by Gasteiger charge is 2.22. The highest BCUT2D eigenvalue weighted by atomic mass is 32.1. The molecule has 3 nitrogen and oxygen atoms in total. The number of fused-ring (bicyclic) bond motifs is 1. The topological polar surface area (TPSA) is 28.2 Å². The second kappa shape index (κ2) is 5.47. The second-order valence-corrected chi connectivity index (χ2v) is 6.70. The summed E-state index contributed by atoms with van der Waals surface area (Å²) in [6.07, 6.45) is 1.24. The van der Waals surface area contributed by atoms with E-state index in [1.807, 2.05) is 11.3 Å². The average molecular weight is 275 g/mol. The number of piperazine rings is 1. The van der Waals surface area contributed by atoms with Gasteiger partial charge in [0, 0.05) is 25.7 Å². The maximum Gasteiger partial charge on any atom is 0.186 e. The van der Waals surface area contributed by atoms with E-state index in [4.69, 9.17) is 4.98 Å². The SMILES string of the molecule is CC(C)CC1CN(c2nc3ccccc3s2)CCN1. The van der Waals surface area contributed by atoms with Crippen molar-refractivity contribution in [1.82, 2.24) is 10.3 Å². The molecule has 0 radical (unpaired) electrons. The third-order valence-electron chi connectivity index (χ3n) is 3.56. The maximum atomic E-state index is 4.77. The van der Waals surface area contributed by atoms with Crippen LogP contribution in [-0.4, -0.2) is 30.7 Å². The van der Waals surface area contributed by atoms with Crippen LogP contribution in [0.3, 0.4) is 0 Å². The molecule has 2 heterocycles. The minimum absolute atomic E-state index is 0.598. The van der Waals surface area contributed by atoms with Gasteiger partial charge in [0.2, 0.25) is 0 Å². The summed E-state index contributed by atoms with van der Waals surface area (Å²) in [5.41, 5.74) is 1.13. The van der Waals surface area contributed by atoms with E-state index >= 15 is 0 Å². The van der Waals surface area contributed by atoms with Gasteiger partial charge in [-0.2, -0.15) is 0 Å². The number of hydrogen-bond donors (Lipinski definition) is 1. The van der Waals surface area contributed by atoms with Crippen LogP contribution < -0.4 is 10.2 Å². The Hall–Kier alpha value is -1.13. The van der Waals surface area contributed by atoms with Gasteiger partial charge >= 0.3 is 0 Å². The van der Waals surface area contributed by atoms with Crippen LogP contribution in [0.4, 0.5) is 5.13 Å². The summed E-state index contributed by atoms with van der Waals surface area (Å²) in [5, 5.41) is 4.80. The number of anilines is 1. The van der Waals surface area contributed by atoms with Gasteiger partial charge in [0.05, 0.1) is 10.2 Å². The van der Waals surface area contributed by atoms with Crippen molar-refractivity contribution in [2.24, 2.45) is 5.92 Å². The summed E-state index contributed by atoms with van der Waals surface area (Å²) >= 11 is 1.81. The molecule has 0 spiro atoms. The Bertz CT molecular complexity index is 516. The first-order chi connectivity index (χ1) is 9.22. The first kappa shape index (κ1) is 12.9. The van der Waals surface area contributed by atoms with E-state index in [1.54, 1.807) is 0 Å². The summed E-state index contributed by atoms with van der Waals surface area (Å²) < 4.78 is 1.29. The van der Waals surface area contributed by atoms with Crippen molar-refractivity contribution in [2.75, 3.05) is 24.5 Å². The number of rotatable bonds is 3. The number of aromatic nitrogens is 1. The summed E-state index contributed by atoms with van der Waals surface area (Å²) in [7, 11) is 0. The minimum Gasteiger partial charge on any atom is -0.345 e. The van der Waals surface area contributed by atoms with Crippen LogP contribution in [0, 0.1) is 5.92 Å². The molecule has 1 atom stereocenters. The third kappa shape index (κ3) is 2.90. The maximum absolute atomic E-state index is 4.77. The molecule has 0 bridgehead atoms. The molecule has 1 aromatic carbocycles. The first-order valence-corrected chi connectivity index (χ1v) is 7.88. The monoisotopic (exact) mass is 275 g/mol. The summed E-state index contributed by atoms with van der Waals surface area (Å²) in [6.45, 7) is 7.79. The fourth-order valence-electron chi connectivity index (χ4n) is 2.72. The molecule has 1 aromatic heterocycles. The molecule has 3 rings (SSSR count). The van der Waals surface area contributed by atoms with Crippen molar-refractivity contribution in [3.63, 3.8) is 0 Å². The molecule has 1 fully saturated rings. The molecule has 19 heavy (non-hydrogen) atoms. The van der Waals surface area contributed by atoms with Crippen molar-refractivity contribution in [1.29, 1.82) is 0 Å². The van der Waals surface area contributed by atoms with Crippen molar-refractivity contribution < 1.29 is 0 Å². The number of nitrogens with zero attached hydrogens (tertiary/aromatic N) is 2. The van der Waals surface area contributed by atoms with Gasteiger partial charge in [-0.15, -0.1) is 0 Å². The van der Waals surface area contributed by atoms with Crippen LogP contribution in [0.2, 0.25) is 0 Å². The lowest BCUT2D eigenvalue weighted by Crippen LogP contribution is -2.51. The minimum atomic E-state index is 0.598. The van der Waals surface area contributed by atoms with Crippen LogP contribution in [0.5, 0.6) is 0 Å². The standard InChI is InChI=1S/C15H21N3S/c1-11(2)9-12-10-18(8-7-16-12)15-17-13-5-3-4-6-14(13)19-15/h3-6,11-12,16H,7-10H2,1-2H3. The van der Waals surface area contributed by atoms with Gasteiger partial charge in [-0.05, 0) is 24.5 Å². The van der Waals surface area contributed by atoms with E-state index in [1.165, 1.54) is 16.3 Å². The van der Waals surface area contributed by atoms with Crippen LogP contribution in [0.1, 0.15) is 20.3 Å². The van der Waals surface area contributed by atoms with E-state index in [-0.39, 0.29) is 0 Å². The zero-order valence-electron chi connectivity index (χ0n) is 11.6. The van der Waals surface area contributed by atoms with Crippen molar-refractivity contribution in [3.8, 4) is 0 Å². The van der Waals surface area contributed by atoms with E-state index in [0.29, 0.717) is 6.04 Å². The Balaban J connectivity index is 1.77. The number of thiazole rings is 1. The molecule has 0 aliphatic carbocycles. The molecule has 2 aromatic rings. The van der Waals surface area contributed by atoms with Gasteiger partial charge in [0.1, 0.15) is 0 Å². The number of hydrogen-bond acceptors (Lipinski definition) is 4. The molecule has 1 aliphatic heterocycles. The molecule has 1 unspecified atom stereocenters. The van der Waals surface area contributed by atoms with Gasteiger partial charge in [-0.3, -0.25) is 0 Å². The zero-order valence-corrected chi connectivity index (χ0v) is 12.4. The molecule has 102 valence electrons. The second-order valence-electron chi connectivity index (χ2n) is 5.69. The fourth-order valence-corrected chi connectivity index (χ4v) is 3.72. The molecule has 1 aliphatic rings. The Kier molecular flexibility index (Phi) is 3.71. The molecule has 1 N–H and O–H groups in total. The summed E-state index contributed by atoms with van der Waals surface area (Å²) in [5.74, 6) is 0.743. The van der Waals surface area contributed by atoms with E-state index in [9.17, 15) is 0 Å². The zero-order chi connectivity index (χ0) is 13.2. The fraction of sp³-hybridized carbons (Fsp3) is 0.533. The van der Waals surface area contributed by atoms with Crippen LogP contribution in [0.15, 0.2) is 24.3 Å². The van der Waals surface area contributed by atoms with Crippen LogP contribution in [-0.2, 0) is 0 Å². The van der Waals surface area contributed by atoms with Crippen LogP contribution in [0.25, 0.3) is 10.2 Å². The predicted octanol–water partition coefficient (Wildman–Crippen LogP) is 3.12. The van der Waals surface area contributed by atoms with Gasteiger partial charge in [0.15, 0.2) is 5.13 Å². The smallest absolute Gasteiger partial charge is 0.186 e. The average Bonchev–Trinajstić information content (AvgIpc) is 2.82. The molecule has 4 heteroatoms. The molecular formula is C15H21N3S. The summed E-state index contributed by atoms with van der Waals surface area (Å²) in [6, 6.07) is 9.00. The van der Waals surface area contributed by atoms with Gasteiger partial charge < -0.3 is 10.2 Å². The van der Waals surface area contributed by atoms with E-state index < -0.39 is 0 Å². The Labute approximate surface area is 118 Å². The lowest BCUT2D eigenvalue weighted by Gasteiger charge is -2.34. The van der Waals surface area contributed by atoms with Crippen molar-refractivity contribution >= 4 is 26.7 Å². The third-order valence-corrected chi connectivity index (χ3v) is 4.66. The quantitative estimate of drug-likeness (QED) is 0.933. The largest absolute Gasteiger partial charge is 0.345 e. The predicted molar refractivity (Wildman–Crippen MR) is 83.1 cm³/mol. The van der Waals surface area contributed by atoms with E-state index in [0.717, 1.165) is 31.1 Å². The molecule has 0 saturated carbocycles. The van der Waals surface area contributed by atoms with Gasteiger partial charge in [-0.25, -0.2) is 4.98 Å². The van der Waals surface area contributed by atoms with Crippen molar-refractivity contribution in [2.45, 2.75) is 26.3 Å². The van der Waals surface area contributed by atoms with Gasteiger partial charge in [-0.1, -0.05) is 37.3 Å². The lowest BCUT2D eigenvalue weighted by atomic mass is 10.0. The van der Waals surface area contributed by atoms with Gasteiger partial charge in [0.25, 0.3) is 0 Å². The first-order valence-electron chi connectivity index (χ1n) is 7.06. The molecule has 0 amide bonds. The highest BCUT2D eigenvalue weighted by Crippen LogP contribution is 2.29.